The number of hydrogen-bond acceptors (Lipinski definition) is 5. The molecule has 9 heteroatoms. The average Bonchev–Trinajstić information content (AvgIpc) is 3.25. The molecule has 5 rings (SSSR count). The predicted octanol–water partition coefficient (Wildman–Crippen LogP) is 4.04. The Morgan fingerprint density at radius 2 is 1.81 bits per heavy atom. The Morgan fingerprint density at radius 1 is 1.05 bits per heavy atom. The van der Waals surface area contributed by atoms with E-state index in [2.05, 4.69) is 34.6 Å². The molecule has 0 fully saturated rings. The van der Waals surface area contributed by atoms with Crippen molar-refractivity contribution in [3.05, 3.63) is 87.0 Å². The van der Waals surface area contributed by atoms with E-state index < -0.39 is 5.97 Å². The molecule has 3 N–H and O–H groups in total. The highest BCUT2D eigenvalue weighted by atomic mass is 35.5. The number of aromatic nitrogens is 1. The van der Waals surface area contributed by atoms with Crippen LogP contribution in [0.1, 0.15) is 35.3 Å². The first-order chi connectivity index (χ1) is 17.8. The van der Waals surface area contributed by atoms with Crippen LogP contribution in [-0.4, -0.2) is 31.7 Å². The van der Waals surface area contributed by atoms with Gasteiger partial charge in [0.25, 0.3) is 0 Å². The third-order valence-corrected chi connectivity index (χ3v) is 6.73. The monoisotopic (exact) mass is 542 g/mol. The molecule has 1 aliphatic rings. The number of carbonyl (C=O) groups excluding carboxylic acids is 1. The third-order valence-electron chi connectivity index (χ3n) is 6.19. The molecule has 0 aliphatic carbocycles. The number of carboxylic acids is 1. The summed E-state index contributed by atoms with van der Waals surface area (Å²) < 4.78 is 17.1. The minimum atomic E-state index is -1.08. The van der Waals surface area contributed by atoms with Gasteiger partial charge in [0, 0.05) is 39.4 Å². The molecule has 1 unspecified atom stereocenters. The zero-order valence-corrected chi connectivity index (χ0v) is 22.3. The molecular formula is C28H28Cl2N2O5. The molecule has 0 amide bonds. The van der Waals surface area contributed by atoms with E-state index in [4.69, 9.17) is 47.3 Å². The molecule has 194 valence electrons. The lowest BCUT2D eigenvalue weighted by Crippen LogP contribution is -2.87. The molecule has 3 aromatic carbocycles. The van der Waals surface area contributed by atoms with Gasteiger partial charge in [-0.15, -0.1) is 0 Å². The number of aromatic amines is 1. The van der Waals surface area contributed by atoms with Gasteiger partial charge in [-0.05, 0) is 67.1 Å². The molecule has 1 aliphatic heterocycles. The Morgan fingerprint density at radius 3 is 2.51 bits per heavy atom. The molecule has 0 spiro atoms. The molecule has 7 nitrogen and oxygen atoms in total. The summed E-state index contributed by atoms with van der Waals surface area (Å²) in [6, 6.07) is 17.9. The van der Waals surface area contributed by atoms with Crippen molar-refractivity contribution in [2.75, 3.05) is 20.8 Å². The largest absolute Gasteiger partial charge is 0.550 e. The number of aliphatic carboxylic acids is 1. The van der Waals surface area contributed by atoms with Crippen LogP contribution in [0.4, 0.5) is 0 Å². The van der Waals surface area contributed by atoms with Gasteiger partial charge in [-0.2, -0.15) is 0 Å². The number of rotatable bonds is 6. The molecule has 1 atom stereocenters. The van der Waals surface area contributed by atoms with E-state index in [0.29, 0.717) is 22.4 Å². The van der Waals surface area contributed by atoms with E-state index in [9.17, 15) is 0 Å². The Hall–Kier alpha value is -3.39. The lowest BCUT2D eigenvalue weighted by atomic mass is 9.93. The summed E-state index contributed by atoms with van der Waals surface area (Å²) in [5.41, 5.74) is 5.88. The molecule has 0 bridgehead atoms. The Kier molecular flexibility index (Phi) is 8.48. The number of ether oxygens (including phenoxy) is 3. The van der Waals surface area contributed by atoms with Crippen molar-refractivity contribution in [1.82, 2.24) is 4.98 Å². The zero-order valence-electron chi connectivity index (χ0n) is 20.8. The number of nitrogens with one attached hydrogen (secondary N) is 1. The lowest BCUT2D eigenvalue weighted by Gasteiger charge is -2.22. The highest BCUT2D eigenvalue weighted by molar-refractivity contribution is 6.35. The quantitative estimate of drug-likeness (QED) is 0.383. The highest BCUT2D eigenvalue weighted by Gasteiger charge is 2.29. The van der Waals surface area contributed by atoms with E-state index in [1.54, 1.807) is 32.4 Å². The van der Waals surface area contributed by atoms with Crippen molar-refractivity contribution in [2.24, 2.45) is 0 Å². The molecule has 37 heavy (non-hydrogen) atoms. The minimum absolute atomic E-state index is 0.163. The Bertz CT molecular complexity index is 1420. The number of halogens is 2. The summed E-state index contributed by atoms with van der Waals surface area (Å²) in [6.07, 6.45) is 1.01. The van der Waals surface area contributed by atoms with Crippen LogP contribution in [0.5, 0.6) is 17.2 Å². The van der Waals surface area contributed by atoms with Crippen molar-refractivity contribution in [3.63, 3.8) is 0 Å². The molecule has 4 aromatic rings. The molecule has 0 saturated carbocycles. The fourth-order valence-electron chi connectivity index (χ4n) is 4.58. The van der Waals surface area contributed by atoms with Crippen LogP contribution in [-0.2, 0) is 17.8 Å². The maximum atomic E-state index is 8.89. The van der Waals surface area contributed by atoms with Gasteiger partial charge in [0.15, 0.2) is 6.04 Å². The molecule has 0 saturated heterocycles. The SMILES string of the molecule is CC(=O)[O-].COc1ccc2[nH]c3c(c2c1)CC[NH2+]C3c1ccc(OC)c(COc2ccc(Cl)cc2Cl)c1. The molecule has 2 heterocycles. The van der Waals surface area contributed by atoms with Gasteiger partial charge in [-0.25, -0.2) is 0 Å². The van der Waals surface area contributed by atoms with Crippen LogP contribution in [0, 0.1) is 0 Å². The van der Waals surface area contributed by atoms with E-state index >= 15 is 0 Å². The van der Waals surface area contributed by atoms with Gasteiger partial charge in [0.2, 0.25) is 0 Å². The Balaban J connectivity index is 0.000000747. The van der Waals surface area contributed by atoms with Crippen LogP contribution in [0.15, 0.2) is 54.6 Å². The summed E-state index contributed by atoms with van der Waals surface area (Å²) in [6.45, 7) is 2.32. The van der Waals surface area contributed by atoms with Gasteiger partial charge >= 0.3 is 0 Å². The second-order valence-electron chi connectivity index (χ2n) is 8.61. The number of H-pyrrole nitrogens is 1. The molecule has 1 aromatic heterocycles. The van der Waals surface area contributed by atoms with Crippen LogP contribution in [0.2, 0.25) is 10.0 Å². The van der Waals surface area contributed by atoms with Crippen molar-refractivity contribution in [1.29, 1.82) is 0 Å². The van der Waals surface area contributed by atoms with Gasteiger partial charge < -0.3 is 34.4 Å². The first kappa shape index (κ1) is 26.7. The van der Waals surface area contributed by atoms with Crippen molar-refractivity contribution < 1.29 is 29.4 Å². The third kappa shape index (κ3) is 6.13. The summed E-state index contributed by atoms with van der Waals surface area (Å²) in [5.74, 6) is 1.16. The van der Waals surface area contributed by atoms with Crippen LogP contribution in [0.25, 0.3) is 10.9 Å². The lowest BCUT2D eigenvalue weighted by molar-refractivity contribution is -0.690. The zero-order chi connectivity index (χ0) is 26.5. The van der Waals surface area contributed by atoms with Crippen molar-refractivity contribution >= 4 is 40.1 Å². The first-order valence-electron chi connectivity index (χ1n) is 11.7. The number of benzene rings is 3. The van der Waals surface area contributed by atoms with E-state index in [1.807, 2.05) is 12.1 Å². The highest BCUT2D eigenvalue weighted by Crippen LogP contribution is 2.35. The van der Waals surface area contributed by atoms with Crippen LogP contribution in [0.3, 0.4) is 0 Å². The maximum Gasteiger partial charge on any atom is 0.153 e. The predicted molar refractivity (Wildman–Crippen MR) is 142 cm³/mol. The number of fused-ring (bicyclic) bond motifs is 3. The Labute approximate surface area is 225 Å². The van der Waals surface area contributed by atoms with Crippen LogP contribution < -0.4 is 24.6 Å². The second-order valence-corrected chi connectivity index (χ2v) is 9.45. The van der Waals surface area contributed by atoms with E-state index in [-0.39, 0.29) is 6.04 Å². The van der Waals surface area contributed by atoms with Crippen molar-refractivity contribution in [2.45, 2.75) is 26.0 Å². The summed E-state index contributed by atoms with van der Waals surface area (Å²) in [5, 5.41) is 13.6. The second kappa shape index (κ2) is 11.8. The number of carbonyl (C=O) groups is 1. The van der Waals surface area contributed by atoms with Gasteiger partial charge in [0.1, 0.15) is 23.9 Å². The first-order valence-corrected chi connectivity index (χ1v) is 12.5. The maximum absolute atomic E-state index is 8.89. The number of hydrogen-bond donors (Lipinski definition) is 2. The fraction of sp³-hybridized carbons (Fsp3) is 0.250. The summed E-state index contributed by atoms with van der Waals surface area (Å²) >= 11 is 12.3. The van der Waals surface area contributed by atoms with Gasteiger partial charge in [-0.3, -0.25) is 0 Å². The number of carboxylic acid groups (broad SMARTS) is 1. The number of quaternary nitrogens is 1. The smallest absolute Gasteiger partial charge is 0.153 e. The topological polar surface area (TPSA) is 100 Å². The van der Waals surface area contributed by atoms with E-state index in [0.717, 1.165) is 42.5 Å². The number of methoxy groups -OCH3 is 2. The van der Waals surface area contributed by atoms with E-state index in [1.165, 1.54) is 22.2 Å². The molecule has 0 radical (unpaired) electrons. The average molecular weight is 543 g/mol. The summed E-state index contributed by atoms with van der Waals surface area (Å²) in [4.78, 5) is 12.5. The fourth-order valence-corrected chi connectivity index (χ4v) is 5.04. The standard InChI is InChI=1S/C26H24Cl2N2O3.C2H4O2/c1-31-18-5-6-22-20(13-18)19-9-10-29-25(26(19)30-22)15-3-7-23(32-2)16(11-15)14-33-24-8-4-17(27)12-21(24)28;1-2(3)4/h3-8,11-13,25,29-30H,9-10,14H2,1-2H3;1H3,(H,3,4). The minimum Gasteiger partial charge on any atom is -0.550 e. The number of nitrogens with two attached hydrogens (primary N) is 1. The van der Waals surface area contributed by atoms with Crippen LogP contribution >= 0.6 is 23.2 Å². The normalized spacial score (nSPS) is 14.4. The molecular weight excluding hydrogens is 515 g/mol. The van der Waals surface area contributed by atoms with Gasteiger partial charge in [-0.1, -0.05) is 23.2 Å². The van der Waals surface area contributed by atoms with Crippen molar-refractivity contribution in [3.8, 4) is 17.2 Å². The van der Waals surface area contributed by atoms with Gasteiger partial charge in [0.05, 0.1) is 31.5 Å². The summed E-state index contributed by atoms with van der Waals surface area (Å²) in [7, 11) is 3.37.